The Labute approximate surface area is 123 Å². The van der Waals surface area contributed by atoms with Crippen molar-refractivity contribution in [1.29, 1.82) is 0 Å². The molecule has 0 spiro atoms. The Balaban J connectivity index is 1.64. The van der Waals surface area contributed by atoms with Gasteiger partial charge in [-0.25, -0.2) is 4.68 Å². The van der Waals surface area contributed by atoms with Gasteiger partial charge in [-0.2, -0.15) is 5.10 Å². The molecule has 0 amide bonds. The highest BCUT2D eigenvalue weighted by Gasteiger charge is 2.13. The minimum atomic E-state index is 0.288. The number of aryl methyl sites for hydroxylation is 2. The van der Waals surface area contributed by atoms with Crippen LogP contribution in [0.25, 0.3) is 0 Å². The van der Waals surface area contributed by atoms with Crippen LogP contribution in [0.5, 0.6) is 0 Å². The summed E-state index contributed by atoms with van der Waals surface area (Å²) in [7, 11) is 0. The van der Waals surface area contributed by atoms with Crippen LogP contribution < -0.4 is 0 Å². The zero-order valence-corrected chi connectivity index (χ0v) is 12.5. The number of nitrogens with zero attached hydrogens (tertiary/aromatic N) is 4. The minimum Gasteiger partial charge on any atom is -0.466 e. The van der Waals surface area contributed by atoms with Crippen molar-refractivity contribution in [2.24, 2.45) is 0 Å². The van der Waals surface area contributed by atoms with Crippen molar-refractivity contribution < 1.29 is 4.42 Å². The molecule has 0 aliphatic rings. The van der Waals surface area contributed by atoms with Gasteiger partial charge in [0, 0.05) is 24.2 Å². The second-order valence-corrected chi connectivity index (χ2v) is 5.50. The number of furan rings is 1. The van der Waals surface area contributed by atoms with Crippen molar-refractivity contribution in [1.82, 2.24) is 25.2 Å². The Morgan fingerprint density at radius 1 is 1.29 bits per heavy atom. The number of aromatic amines is 1. The minimum absolute atomic E-state index is 0.288. The van der Waals surface area contributed by atoms with Crippen LogP contribution in [0.15, 0.2) is 28.8 Å². The van der Waals surface area contributed by atoms with Crippen molar-refractivity contribution in [3.8, 4) is 0 Å². The van der Waals surface area contributed by atoms with Gasteiger partial charge < -0.3 is 4.42 Å². The van der Waals surface area contributed by atoms with Crippen molar-refractivity contribution in [3.63, 3.8) is 0 Å². The molecule has 0 radical (unpaired) electrons. The Hall–Kier alpha value is -2.37. The van der Waals surface area contributed by atoms with Crippen LogP contribution in [0.4, 0.5) is 0 Å². The van der Waals surface area contributed by atoms with Gasteiger partial charge in [-0.1, -0.05) is 12.1 Å². The molecule has 110 valence electrons. The van der Waals surface area contributed by atoms with Crippen LogP contribution in [0.2, 0.25) is 0 Å². The quantitative estimate of drug-likeness (QED) is 0.782. The fourth-order valence-electron chi connectivity index (χ4n) is 2.36. The number of H-pyrrole nitrogens is 1. The van der Waals surface area contributed by atoms with E-state index in [-0.39, 0.29) is 5.92 Å². The van der Waals surface area contributed by atoms with Gasteiger partial charge in [0.05, 0.1) is 17.9 Å². The monoisotopic (exact) mass is 285 g/mol. The smallest absolute Gasteiger partial charge is 0.107 e. The summed E-state index contributed by atoms with van der Waals surface area (Å²) in [4.78, 5) is 0. The summed E-state index contributed by atoms with van der Waals surface area (Å²) < 4.78 is 7.46. The lowest BCUT2D eigenvalue weighted by atomic mass is 10.0. The van der Waals surface area contributed by atoms with Crippen LogP contribution in [0, 0.1) is 13.8 Å². The molecule has 6 heteroatoms. The molecule has 0 saturated heterocycles. The predicted molar refractivity (Wildman–Crippen MR) is 78.0 cm³/mol. The van der Waals surface area contributed by atoms with E-state index < -0.39 is 0 Å². The molecule has 0 fully saturated rings. The number of rotatable bonds is 5. The Kier molecular flexibility index (Phi) is 3.60. The number of nitrogens with one attached hydrogen (secondary N) is 1. The average molecular weight is 285 g/mol. The van der Waals surface area contributed by atoms with E-state index in [0.29, 0.717) is 6.54 Å². The maximum Gasteiger partial charge on any atom is 0.107 e. The number of aromatic nitrogens is 5. The van der Waals surface area contributed by atoms with Crippen LogP contribution in [0.3, 0.4) is 0 Å². The third-order valence-corrected chi connectivity index (χ3v) is 3.43. The lowest BCUT2D eigenvalue weighted by Gasteiger charge is -2.05. The van der Waals surface area contributed by atoms with Gasteiger partial charge in [0.15, 0.2) is 0 Å². The topological polar surface area (TPSA) is 72.5 Å². The van der Waals surface area contributed by atoms with E-state index in [1.807, 2.05) is 42.9 Å². The molecule has 1 atom stereocenters. The number of hydrogen-bond acceptors (Lipinski definition) is 4. The highest BCUT2D eigenvalue weighted by Crippen LogP contribution is 2.21. The molecule has 0 saturated carbocycles. The lowest BCUT2D eigenvalue weighted by Crippen LogP contribution is -2.00. The third kappa shape index (κ3) is 3.21. The highest BCUT2D eigenvalue weighted by molar-refractivity contribution is 5.12. The summed E-state index contributed by atoms with van der Waals surface area (Å²) in [5.41, 5.74) is 2.97. The van der Waals surface area contributed by atoms with Gasteiger partial charge in [-0.15, -0.1) is 5.10 Å². The van der Waals surface area contributed by atoms with E-state index in [2.05, 4.69) is 27.4 Å². The second kappa shape index (κ2) is 5.55. The predicted octanol–water partition coefficient (Wildman–Crippen LogP) is 2.61. The standard InChI is InChI=1S/C15H19N5O/c1-10(15-5-4-12(3)21-15)6-13-8-20(19-18-13)9-14-7-11(2)16-17-14/h4-5,7-8,10H,6,9H2,1-3H3,(H,16,17)/t10-/m0/s1. The molecule has 3 heterocycles. The normalized spacial score (nSPS) is 12.7. The first kappa shape index (κ1) is 13.6. The summed E-state index contributed by atoms with van der Waals surface area (Å²) in [6, 6.07) is 6.02. The Morgan fingerprint density at radius 2 is 2.14 bits per heavy atom. The second-order valence-electron chi connectivity index (χ2n) is 5.50. The van der Waals surface area contributed by atoms with E-state index in [1.54, 1.807) is 0 Å². The van der Waals surface area contributed by atoms with E-state index in [1.165, 1.54) is 0 Å². The first-order valence-corrected chi connectivity index (χ1v) is 7.06. The van der Waals surface area contributed by atoms with Crippen LogP contribution in [-0.2, 0) is 13.0 Å². The summed E-state index contributed by atoms with van der Waals surface area (Å²) in [6.45, 7) is 6.70. The zero-order chi connectivity index (χ0) is 14.8. The van der Waals surface area contributed by atoms with Crippen LogP contribution in [0.1, 0.15) is 41.4 Å². The molecule has 3 rings (SSSR count). The molecule has 6 nitrogen and oxygen atoms in total. The maximum absolute atomic E-state index is 5.65. The van der Waals surface area contributed by atoms with Gasteiger partial charge in [-0.05, 0) is 32.0 Å². The fraction of sp³-hybridized carbons (Fsp3) is 0.400. The summed E-state index contributed by atoms with van der Waals surface area (Å²) in [6.07, 6.45) is 2.78. The lowest BCUT2D eigenvalue weighted by molar-refractivity contribution is 0.450. The average Bonchev–Trinajstić information content (AvgIpc) is 3.13. The van der Waals surface area contributed by atoms with Gasteiger partial charge in [0.2, 0.25) is 0 Å². The van der Waals surface area contributed by atoms with E-state index >= 15 is 0 Å². The van der Waals surface area contributed by atoms with Crippen molar-refractivity contribution in [2.75, 3.05) is 0 Å². The molecule has 0 aromatic carbocycles. The van der Waals surface area contributed by atoms with E-state index in [9.17, 15) is 0 Å². The van der Waals surface area contributed by atoms with E-state index in [0.717, 1.165) is 35.0 Å². The Bertz CT molecular complexity index is 724. The fourth-order valence-corrected chi connectivity index (χ4v) is 2.36. The molecule has 1 N–H and O–H groups in total. The third-order valence-electron chi connectivity index (χ3n) is 3.43. The van der Waals surface area contributed by atoms with Gasteiger partial charge >= 0.3 is 0 Å². The van der Waals surface area contributed by atoms with Crippen LogP contribution in [-0.4, -0.2) is 25.2 Å². The molecule has 21 heavy (non-hydrogen) atoms. The Morgan fingerprint density at radius 3 is 2.81 bits per heavy atom. The molecular formula is C15H19N5O. The number of hydrogen-bond donors (Lipinski definition) is 1. The first-order chi connectivity index (χ1) is 10.1. The van der Waals surface area contributed by atoms with Gasteiger partial charge in [-0.3, -0.25) is 5.10 Å². The van der Waals surface area contributed by atoms with E-state index in [4.69, 9.17) is 4.42 Å². The molecule has 0 unspecified atom stereocenters. The van der Waals surface area contributed by atoms with Gasteiger partial charge in [0.25, 0.3) is 0 Å². The first-order valence-electron chi connectivity index (χ1n) is 7.06. The molecule has 0 bridgehead atoms. The maximum atomic E-state index is 5.65. The highest BCUT2D eigenvalue weighted by atomic mass is 16.3. The van der Waals surface area contributed by atoms with Gasteiger partial charge in [0.1, 0.15) is 11.5 Å². The molecule has 0 aliphatic carbocycles. The molecule has 3 aromatic rings. The SMILES string of the molecule is Cc1cc(Cn2cc(C[C@H](C)c3ccc(C)o3)nn2)n[nH]1. The zero-order valence-electron chi connectivity index (χ0n) is 12.5. The van der Waals surface area contributed by atoms with Crippen molar-refractivity contribution >= 4 is 0 Å². The summed E-state index contributed by atoms with van der Waals surface area (Å²) >= 11 is 0. The largest absolute Gasteiger partial charge is 0.466 e. The van der Waals surface area contributed by atoms with Crippen molar-refractivity contribution in [3.05, 3.63) is 53.0 Å². The van der Waals surface area contributed by atoms with Crippen molar-refractivity contribution in [2.45, 2.75) is 39.7 Å². The molecule has 0 aliphatic heterocycles. The summed E-state index contributed by atoms with van der Waals surface area (Å²) in [5, 5.41) is 15.5. The molecule has 3 aromatic heterocycles. The molecular weight excluding hydrogens is 266 g/mol. The summed E-state index contributed by atoms with van der Waals surface area (Å²) in [5.74, 6) is 2.22. The van der Waals surface area contributed by atoms with Crippen LogP contribution >= 0.6 is 0 Å².